The third-order valence-corrected chi connectivity index (χ3v) is 10.3. The normalized spacial score (nSPS) is 14.9. The van der Waals surface area contributed by atoms with E-state index in [-0.39, 0.29) is 0 Å². The summed E-state index contributed by atoms with van der Waals surface area (Å²) in [7, 11) is 0. The van der Waals surface area contributed by atoms with Gasteiger partial charge in [0.25, 0.3) is 0 Å². The lowest BCUT2D eigenvalue weighted by atomic mass is 9.97. The van der Waals surface area contributed by atoms with Gasteiger partial charge in [-0.15, -0.1) is 11.3 Å². The number of furan rings is 1. The molecule has 1 atom stereocenters. The number of benzene rings is 6. The number of hydrogen-bond acceptors (Lipinski definition) is 6. The molecule has 0 bridgehead atoms. The summed E-state index contributed by atoms with van der Waals surface area (Å²) in [5.74, 6) is 1.54. The van der Waals surface area contributed by atoms with Crippen molar-refractivity contribution in [1.82, 2.24) is 10.3 Å². The molecular weight excluding hydrogens is 609 g/mol. The molecule has 10 rings (SSSR count). The van der Waals surface area contributed by atoms with Gasteiger partial charge in [-0.1, -0.05) is 97.1 Å². The van der Waals surface area contributed by atoms with Crippen LogP contribution in [0.4, 0.5) is 0 Å². The Balaban J connectivity index is 1.25. The SMILES string of the molecule is c1ccc(C2=NC(c3cccc4sc5ccccc5c34)N=C(c3ccc(-c4ccccc4)c4oc5cc6ncccc6cc5c34)N2)cc1. The number of rotatable bonds is 4. The zero-order chi connectivity index (χ0) is 31.6. The molecule has 0 aliphatic carbocycles. The summed E-state index contributed by atoms with van der Waals surface area (Å²) in [6.45, 7) is 0. The molecule has 0 saturated heterocycles. The summed E-state index contributed by atoms with van der Waals surface area (Å²) < 4.78 is 9.24. The third-order valence-electron chi connectivity index (χ3n) is 9.18. The summed E-state index contributed by atoms with van der Waals surface area (Å²) in [6.07, 6.45) is 1.37. The molecule has 1 unspecified atom stereocenters. The van der Waals surface area contributed by atoms with E-state index in [1.54, 1.807) is 0 Å². The highest BCUT2D eigenvalue weighted by molar-refractivity contribution is 7.25. The van der Waals surface area contributed by atoms with Crippen LogP contribution in [0.5, 0.6) is 0 Å². The van der Waals surface area contributed by atoms with E-state index in [9.17, 15) is 0 Å². The molecule has 0 saturated carbocycles. The van der Waals surface area contributed by atoms with Gasteiger partial charge in [0.1, 0.15) is 22.8 Å². The third kappa shape index (κ3) is 4.27. The molecule has 4 heterocycles. The summed E-state index contributed by atoms with van der Waals surface area (Å²) in [4.78, 5) is 15.3. The Bertz CT molecular complexity index is 2760. The van der Waals surface area contributed by atoms with E-state index >= 15 is 0 Å². The number of amidine groups is 2. The van der Waals surface area contributed by atoms with Gasteiger partial charge in [-0.3, -0.25) is 4.98 Å². The van der Waals surface area contributed by atoms with Crippen molar-refractivity contribution in [2.75, 3.05) is 0 Å². The molecule has 6 heteroatoms. The second-order valence-electron chi connectivity index (χ2n) is 12.0. The maximum absolute atomic E-state index is 6.74. The second-order valence-corrected chi connectivity index (χ2v) is 13.1. The van der Waals surface area contributed by atoms with Crippen molar-refractivity contribution < 1.29 is 4.42 Å². The van der Waals surface area contributed by atoms with E-state index in [1.165, 1.54) is 20.2 Å². The highest BCUT2D eigenvalue weighted by Crippen LogP contribution is 2.42. The van der Waals surface area contributed by atoms with Gasteiger partial charge in [0.15, 0.2) is 6.17 Å². The van der Waals surface area contributed by atoms with Crippen LogP contribution < -0.4 is 5.32 Å². The number of pyridine rings is 1. The molecule has 0 amide bonds. The number of nitrogens with one attached hydrogen (secondary N) is 1. The van der Waals surface area contributed by atoms with E-state index in [4.69, 9.17) is 14.4 Å². The monoisotopic (exact) mass is 634 g/mol. The Morgan fingerprint density at radius 2 is 1.33 bits per heavy atom. The van der Waals surface area contributed by atoms with Crippen molar-refractivity contribution in [2.24, 2.45) is 9.98 Å². The Morgan fingerprint density at radius 1 is 0.583 bits per heavy atom. The highest BCUT2D eigenvalue weighted by Gasteiger charge is 2.26. The molecule has 0 spiro atoms. The van der Waals surface area contributed by atoms with Gasteiger partial charge in [0.05, 0.1) is 5.52 Å². The van der Waals surface area contributed by atoms with Crippen molar-refractivity contribution >= 4 is 76.0 Å². The van der Waals surface area contributed by atoms with Crippen LogP contribution in [-0.2, 0) is 0 Å². The molecule has 0 fully saturated rings. The maximum atomic E-state index is 6.74. The first-order chi connectivity index (χ1) is 23.8. The lowest BCUT2D eigenvalue weighted by Gasteiger charge is -2.23. The summed E-state index contributed by atoms with van der Waals surface area (Å²) in [5.41, 5.74) is 7.68. The molecule has 226 valence electrons. The molecule has 0 radical (unpaired) electrons. The number of aromatic nitrogens is 1. The van der Waals surface area contributed by atoms with Crippen molar-refractivity contribution in [3.05, 3.63) is 162 Å². The average Bonchev–Trinajstić information content (AvgIpc) is 3.72. The molecule has 3 aromatic heterocycles. The van der Waals surface area contributed by atoms with Gasteiger partial charge in [-0.25, -0.2) is 9.98 Å². The van der Waals surface area contributed by atoms with Crippen LogP contribution in [0.3, 0.4) is 0 Å². The maximum Gasteiger partial charge on any atom is 0.170 e. The van der Waals surface area contributed by atoms with E-state index in [2.05, 4.69) is 113 Å². The van der Waals surface area contributed by atoms with E-state index in [0.29, 0.717) is 0 Å². The molecule has 1 aliphatic rings. The Hall–Kier alpha value is -6.11. The van der Waals surface area contributed by atoms with Gasteiger partial charge < -0.3 is 9.73 Å². The summed E-state index contributed by atoms with van der Waals surface area (Å²) in [5, 5.41) is 9.19. The molecule has 1 N–H and O–H groups in total. The topological polar surface area (TPSA) is 62.8 Å². The molecule has 48 heavy (non-hydrogen) atoms. The number of hydrogen-bond donors (Lipinski definition) is 1. The second kappa shape index (κ2) is 10.7. The van der Waals surface area contributed by atoms with Gasteiger partial charge in [-0.2, -0.15) is 0 Å². The fraction of sp³-hybridized carbons (Fsp3) is 0.0238. The van der Waals surface area contributed by atoms with Gasteiger partial charge in [0, 0.05) is 70.8 Å². The highest BCUT2D eigenvalue weighted by atomic mass is 32.1. The van der Waals surface area contributed by atoms with Crippen molar-refractivity contribution in [3.8, 4) is 11.1 Å². The van der Waals surface area contributed by atoms with Gasteiger partial charge in [-0.05, 0) is 42.0 Å². The smallest absolute Gasteiger partial charge is 0.170 e. The zero-order valence-corrected chi connectivity index (χ0v) is 26.4. The Morgan fingerprint density at radius 3 is 2.21 bits per heavy atom. The molecule has 6 aromatic carbocycles. The van der Waals surface area contributed by atoms with E-state index in [0.717, 1.165) is 72.3 Å². The number of thiophene rings is 1. The standard InChI is InChI=1S/C42H26N4OS/c1-3-11-25(12-4-1)28-20-21-31(38-32-23-27-15-10-22-43-33(27)24-34(32)47-39(28)38)42-45-40(26-13-5-2-6-14-26)44-41(46-42)30-17-9-19-36-37(30)29-16-7-8-18-35(29)48-36/h1-24,41H,(H,44,45,46). The van der Waals surface area contributed by atoms with Gasteiger partial charge in [0.2, 0.25) is 0 Å². The predicted molar refractivity (Wildman–Crippen MR) is 199 cm³/mol. The fourth-order valence-corrected chi connectivity index (χ4v) is 8.12. The first-order valence-electron chi connectivity index (χ1n) is 16.0. The first kappa shape index (κ1) is 27.0. The summed E-state index contributed by atoms with van der Waals surface area (Å²) >= 11 is 1.81. The number of fused-ring (bicyclic) bond motifs is 7. The van der Waals surface area contributed by atoms with Crippen LogP contribution >= 0.6 is 11.3 Å². The predicted octanol–water partition coefficient (Wildman–Crippen LogP) is 10.7. The van der Waals surface area contributed by atoms with Gasteiger partial charge >= 0.3 is 0 Å². The van der Waals surface area contributed by atoms with Crippen LogP contribution in [0, 0.1) is 0 Å². The van der Waals surface area contributed by atoms with E-state index in [1.807, 2.05) is 53.9 Å². The molecular formula is C42H26N4OS. The van der Waals surface area contributed by atoms with Crippen LogP contribution in [0.25, 0.3) is 64.1 Å². The minimum Gasteiger partial charge on any atom is -0.455 e. The summed E-state index contributed by atoms with van der Waals surface area (Å²) in [6, 6.07) is 48.4. The quantitative estimate of drug-likeness (QED) is 0.210. The van der Waals surface area contributed by atoms with Crippen LogP contribution in [0.2, 0.25) is 0 Å². The number of aliphatic imine (C=N–C) groups is 2. The Kier molecular flexibility index (Phi) is 6.04. The van der Waals surface area contributed by atoms with Crippen LogP contribution in [-0.4, -0.2) is 16.7 Å². The van der Waals surface area contributed by atoms with Crippen LogP contribution in [0.15, 0.2) is 160 Å². The average molecular weight is 635 g/mol. The van der Waals surface area contributed by atoms with Crippen molar-refractivity contribution in [1.29, 1.82) is 0 Å². The zero-order valence-electron chi connectivity index (χ0n) is 25.6. The fourth-order valence-electron chi connectivity index (χ4n) is 6.98. The minimum absolute atomic E-state index is 0.454. The number of nitrogens with zero attached hydrogens (tertiary/aromatic N) is 3. The largest absolute Gasteiger partial charge is 0.455 e. The van der Waals surface area contributed by atoms with Crippen LogP contribution in [0.1, 0.15) is 22.9 Å². The van der Waals surface area contributed by atoms with Crippen molar-refractivity contribution in [2.45, 2.75) is 6.17 Å². The molecule has 9 aromatic rings. The lowest BCUT2D eigenvalue weighted by molar-refractivity contribution is 0.670. The Labute approximate surface area is 279 Å². The van der Waals surface area contributed by atoms with E-state index < -0.39 is 6.17 Å². The lowest BCUT2D eigenvalue weighted by Crippen LogP contribution is -2.36. The van der Waals surface area contributed by atoms with Crippen molar-refractivity contribution in [3.63, 3.8) is 0 Å². The molecule has 1 aliphatic heterocycles. The minimum atomic E-state index is -0.454. The molecule has 5 nitrogen and oxygen atoms in total. The first-order valence-corrected chi connectivity index (χ1v) is 16.8.